The smallest absolute Gasteiger partial charge is 0.223 e. The number of rotatable bonds is 4. The lowest BCUT2D eigenvalue weighted by Gasteiger charge is -2.15. The number of nitrogens with zero attached hydrogens (tertiary/aromatic N) is 4. The minimum Gasteiger partial charge on any atom is -0.348 e. The lowest BCUT2D eigenvalue weighted by Crippen LogP contribution is -2.09. The zero-order valence-corrected chi connectivity index (χ0v) is 13.0. The molecule has 1 unspecified atom stereocenters. The summed E-state index contributed by atoms with van der Waals surface area (Å²) < 4.78 is 2.06. The summed E-state index contributed by atoms with van der Waals surface area (Å²) in [4.78, 5) is 12.8. The third-order valence-corrected chi connectivity index (χ3v) is 3.62. The molecule has 2 heterocycles. The van der Waals surface area contributed by atoms with Gasteiger partial charge in [0.05, 0.1) is 6.04 Å². The zero-order valence-electron chi connectivity index (χ0n) is 13.0. The molecule has 0 spiro atoms. The Labute approximate surface area is 130 Å². The minimum atomic E-state index is 0.139. The molecular formula is C17H19N5. The molecule has 0 fully saturated rings. The molecule has 5 heteroatoms. The van der Waals surface area contributed by atoms with Crippen LogP contribution in [-0.4, -0.2) is 19.5 Å². The van der Waals surface area contributed by atoms with E-state index in [9.17, 15) is 0 Å². The molecule has 3 rings (SSSR count). The Bertz CT molecular complexity index is 743. The Kier molecular flexibility index (Phi) is 3.87. The lowest BCUT2D eigenvalue weighted by molar-refractivity contribution is 0.857. The maximum absolute atomic E-state index is 4.28. The molecule has 22 heavy (non-hydrogen) atoms. The molecule has 0 saturated carbocycles. The van der Waals surface area contributed by atoms with Gasteiger partial charge in [0.2, 0.25) is 5.95 Å². The van der Waals surface area contributed by atoms with Crippen LogP contribution in [0.2, 0.25) is 0 Å². The van der Waals surface area contributed by atoms with Crippen LogP contribution in [0.4, 0.5) is 5.95 Å². The predicted octanol–water partition coefficient (Wildman–Crippen LogP) is 3.45. The summed E-state index contributed by atoms with van der Waals surface area (Å²) in [6, 6.07) is 8.55. The van der Waals surface area contributed by atoms with Gasteiger partial charge in [0.1, 0.15) is 5.82 Å². The van der Waals surface area contributed by atoms with Gasteiger partial charge in [0, 0.05) is 30.5 Å². The molecule has 0 aliphatic heterocycles. The minimum absolute atomic E-state index is 0.139. The molecule has 0 amide bonds. The number of hydrogen-bond donors (Lipinski definition) is 1. The average Bonchev–Trinajstić information content (AvgIpc) is 2.96. The van der Waals surface area contributed by atoms with E-state index >= 15 is 0 Å². The summed E-state index contributed by atoms with van der Waals surface area (Å²) in [7, 11) is 0. The summed E-state index contributed by atoms with van der Waals surface area (Å²) in [5, 5.41) is 3.31. The van der Waals surface area contributed by atoms with Gasteiger partial charge in [-0.15, -0.1) is 0 Å². The van der Waals surface area contributed by atoms with Crippen molar-refractivity contribution in [2.75, 3.05) is 5.32 Å². The van der Waals surface area contributed by atoms with E-state index in [1.807, 2.05) is 38.6 Å². The number of benzene rings is 1. The summed E-state index contributed by atoms with van der Waals surface area (Å²) in [5.74, 6) is 1.62. The van der Waals surface area contributed by atoms with Crippen LogP contribution in [0, 0.1) is 13.8 Å². The van der Waals surface area contributed by atoms with Crippen molar-refractivity contribution in [1.29, 1.82) is 0 Å². The Balaban J connectivity index is 1.75. The van der Waals surface area contributed by atoms with Gasteiger partial charge in [-0.05, 0) is 44.0 Å². The van der Waals surface area contributed by atoms with Crippen LogP contribution in [0.15, 0.2) is 49.1 Å². The Morgan fingerprint density at radius 3 is 2.27 bits per heavy atom. The maximum atomic E-state index is 4.28. The van der Waals surface area contributed by atoms with Crippen molar-refractivity contribution in [2.45, 2.75) is 26.8 Å². The third kappa shape index (κ3) is 2.98. The van der Waals surface area contributed by atoms with E-state index in [0.717, 1.165) is 17.1 Å². The highest BCUT2D eigenvalue weighted by molar-refractivity contribution is 5.39. The van der Waals surface area contributed by atoms with E-state index < -0.39 is 0 Å². The van der Waals surface area contributed by atoms with E-state index in [1.165, 1.54) is 5.56 Å². The van der Waals surface area contributed by atoms with Crippen molar-refractivity contribution in [3.8, 4) is 5.69 Å². The fourth-order valence-electron chi connectivity index (χ4n) is 2.32. The highest BCUT2D eigenvalue weighted by Crippen LogP contribution is 2.19. The Morgan fingerprint density at radius 2 is 1.68 bits per heavy atom. The second kappa shape index (κ2) is 5.97. The molecule has 112 valence electrons. The van der Waals surface area contributed by atoms with E-state index in [0.29, 0.717) is 5.95 Å². The van der Waals surface area contributed by atoms with Gasteiger partial charge in [-0.25, -0.2) is 15.0 Å². The van der Waals surface area contributed by atoms with E-state index in [4.69, 9.17) is 0 Å². The van der Waals surface area contributed by atoms with Crippen molar-refractivity contribution in [2.24, 2.45) is 0 Å². The molecular weight excluding hydrogens is 274 g/mol. The van der Waals surface area contributed by atoms with Crippen LogP contribution in [0.25, 0.3) is 5.69 Å². The second-order valence-electron chi connectivity index (χ2n) is 5.39. The molecule has 0 saturated heterocycles. The van der Waals surface area contributed by atoms with Gasteiger partial charge in [0.15, 0.2) is 0 Å². The summed E-state index contributed by atoms with van der Waals surface area (Å²) >= 11 is 0. The van der Waals surface area contributed by atoms with Crippen LogP contribution in [0.5, 0.6) is 0 Å². The molecule has 0 aliphatic rings. The SMILES string of the molecule is Cc1cnc(NC(C)c2ccc(-n3ccnc3C)cc2)nc1. The van der Waals surface area contributed by atoms with Crippen LogP contribution in [0.1, 0.15) is 29.9 Å². The zero-order chi connectivity index (χ0) is 15.5. The van der Waals surface area contributed by atoms with Gasteiger partial charge < -0.3 is 9.88 Å². The number of nitrogens with one attached hydrogen (secondary N) is 1. The van der Waals surface area contributed by atoms with Crippen molar-refractivity contribution < 1.29 is 0 Å². The highest BCUT2D eigenvalue weighted by atomic mass is 15.1. The number of imidazole rings is 1. The molecule has 3 aromatic rings. The molecule has 1 atom stereocenters. The van der Waals surface area contributed by atoms with Crippen LogP contribution >= 0.6 is 0 Å². The molecule has 0 bridgehead atoms. The second-order valence-corrected chi connectivity index (χ2v) is 5.39. The van der Waals surface area contributed by atoms with Gasteiger partial charge in [-0.2, -0.15) is 0 Å². The molecule has 5 nitrogen and oxygen atoms in total. The average molecular weight is 293 g/mol. The largest absolute Gasteiger partial charge is 0.348 e. The Morgan fingerprint density at radius 1 is 1.00 bits per heavy atom. The fraction of sp³-hybridized carbons (Fsp3) is 0.235. The highest BCUT2D eigenvalue weighted by Gasteiger charge is 2.07. The van der Waals surface area contributed by atoms with Crippen molar-refractivity contribution in [3.63, 3.8) is 0 Å². The number of anilines is 1. The predicted molar refractivity (Wildman–Crippen MR) is 87.1 cm³/mol. The lowest BCUT2D eigenvalue weighted by atomic mass is 10.1. The van der Waals surface area contributed by atoms with E-state index in [-0.39, 0.29) is 6.04 Å². The Hall–Kier alpha value is -2.69. The molecule has 0 aliphatic carbocycles. The topological polar surface area (TPSA) is 55.6 Å². The first-order valence-electron chi connectivity index (χ1n) is 7.29. The third-order valence-electron chi connectivity index (χ3n) is 3.62. The van der Waals surface area contributed by atoms with Crippen LogP contribution in [0.3, 0.4) is 0 Å². The molecule has 2 aromatic heterocycles. The first-order chi connectivity index (χ1) is 10.6. The first-order valence-corrected chi connectivity index (χ1v) is 7.29. The molecule has 1 N–H and O–H groups in total. The number of aryl methyl sites for hydroxylation is 2. The molecule has 1 aromatic carbocycles. The standard InChI is InChI=1S/C17H19N5/c1-12-10-19-17(20-11-12)21-13(2)15-4-6-16(7-5-15)22-9-8-18-14(22)3/h4-11,13H,1-3H3,(H,19,20,21). The molecule has 0 radical (unpaired) electrons. The number of aromatic nitrogens is 4. The van der Waals surface area contributed by atoms with Crippen LogP contribution in [-0.2, 0) is 0 Å². The summed E-state index contributed by atoms with van der Waals surface area (Å²) in [6.45, 7) is 6.07. The van der Waals surface area contributed by atoms with Gasteiger partial charge in [0.25, 0.3) is 0 Å². The monoisotopic (exact) mass is 293 g/mol. The summed E-state index contributed by atoms with van der Waals surface area (Å²) in [5.41, 5.74) is 3.35. The van der Waals surface area contributed by atoms with Crippen molar-refractivity contribution in [1.82, 2.24) is 19.5 Å². The van der Waals surface area contributed by atoms with Gasteiger partial charge in [-0.1, -0.05) is 12.1 Å². The van der Waals surface area contributed by atoms with Gasteiger partial charge >= 0.3 is 0 Å². The quantitative estimate of drug-likeness (QED) is 0.800. The summed E-state index contributed by atoms with van der Waals surface area (Å²) in [6.07, 6.45) is 7.40. The number of hydrogen-bond acceptors (Lipinski definition) is 4. The fourth-order valence-corrected chi connectivity index (χ4v) is 2.32. The maximum Gasteiger partial charge on any atom is 0.223 e. The first kappa shape index (κ1) is 14.3. The van der Waals surface area contributed by atoms with Crippen LogP contribution < -0.4 is 5.32 Å². The van der Waals surface area contributed by atoms with E-state index in [2.05, 4.69) is 56.0 Å². The van der Waals surface area contributed by atoms with Crippen molar-refractivity contribution in [3.05, 3.63) is 66.0 Å². The van der Waals surface area contributed by atoms with E-state index in [1.54, 1.807) is 0 Å². The normalized spacial score (nSPS) is 12.1. The van der Waals surface area contributed by atoms with Crippen molar-refractivity contribution >= 4 is 5.95 Å². The van der Waals surface area contributed by atoms with Gasteiger partial charge in [-0.3, -0.25) is 0 Å².